The minimum Gasteiger partial charge on any atom is -0.493 e. The van der Waals surface area contributed by atoms with E-state index in [1.807, 2.05) is 13.8 Å². The molecular formula is C17H25N7O3. The van der Waals surface area contributed by atoms with Crippen LogP contribution in [0.3, 0.4) is 0 Å². The fraction of sp³-hybridized carbons (Fsp3) is 0.412. The standard InChI is InChI=1S/C17H25N7O3/c1-6-18-15-21-16(19-7-2)23-17(22-15)24-20-10-11-8-12(25-3)14(27-5)13(9-11)26-4/h8-10H,6-7H2,1-5H3,(H3,18,19,21,22,23,24)/b20-10+. The van der Waals surface area contributed by atoms with Gasteiger partial charge in [-0.2, -0.15) is 20.1 Å². The molecule has 0 unspecified atom stereocenters. The van der Waals surface area contributed by atoms with E-state index in [9.17, 15) is 0 Å². The number of hydrogen-bond donors (Lipinski definition) is 3. The van der Waals surface area contributed by atoms with E-state index in [2.05, 4.69) is 36.1 Å². The fourth-order valence-corrected chi connectivity index (χ4v) is 2.24. The van der Waals surface area contributed by atoms with Crippen molar-refractivity contribution in [3.63, 3.8) is 0 Å². The average molecular weight is 375 g/mol. The molecule has 0 bridgehead atoms. The number of rotatable bonds is 10. The molecule has 10 heteroatoms. The number of hydrazone groups is 1. The maximum absolute atomic E-state index is 5.33. The molecule has 0 amide bonds. The van der Waals surface area contributed by atoms with Crippen molar-refractivity contribution in [2.75, 3.05) is 50.5 Å². The van der Waals surface area contributed by atoms with Gasteiger partial charge in [-0.1, -0.05) is 0 Å². The van der Waals surface area contributed by atoms with Crippen LogP contribution in [0.2, 0.25) is 0 Å². The molecule has 0 aliphatic rings. The van der Waals surface area contributed by atoms with Gasteiger partial charge < -0.3 is 24.8 Å². The predicted octanol–water partition coefficient (Wildman–Crippen LogP) is 2.21. The fourth-order valence-electron chi connectivity index (χ4n) is 2.24. The Morgan fingerprint density at radius 2 is 1.37 bits per heavy atom. The molecule has 0 spiro atoms. The largest absolute Gasteiger partial charge is 0.493 e. The van der Waals surface area contributed by atoms with Gasteiger partial charge in [0.1, 0.15) is 0 Å². The van der Waals surface area contributed by atoms with Crippen molar-refractivity contribution in [3.8, 4) is 17.2 Å². The molecule has 2 aromatic rings. The van der Waals surface area contributed by atoms with Crippen molar-refractivity contribution in [2.45, 2.75) is 13.8 Å². The third-order valence-electron chi connectivity index (χ3n) is 3.37. The molecule has 146 valence electrons. The van der Waals surface area contributed by atoms with E-state index >= 15 is 0 Å². The van der Waals surface area contributed by atoms with Crippen LogP contribution in [0, 0.1) is 0 Å². The molecule has 0 atom stereocenters. The van der Waals surface area contributed by atoms with E-state index in [1.165, 1.54) is 0 Å². The second-order valence-corrected chi connectivity index (χ2v) is 5.20. The Morgan fingerprint density at radius 3 is 1.81 bits per heavy atom. The van der Waals surface area contributed by atoms with E-state index in [-0.39, 0.29) is 0 Å². The van der Waals surface area contributed by atoms with Gasteiger partial charge in [-0.05, 0) is 26.0 Å². The average Bonchev–Trinajstić information content (AvgIpc) is 2.67. The molecule has 0 saturated carbocycles. The van der Waals surface area contributed by atoms with Gasteiger partial charge in [0.25, 0.3) is 0 Å². The first-order valence-corrected chi connectivity index (χ1v) is 8.48. The van der Waals surface area contributed by atoms with Crippen LogP contribution in [0.4, 0.5) is 17.8 Å². The molecule has 1 heterocycles. The third-order valence-corrected chi connectivity index (χ3v) is 3.37. The minimum atomic E-state index is 0.320. The molecular weight excluding hydrogens is 350 g/mol. The first kappa shape index (κ1) is 20.0. The van der Waals surface area contributed by atoms with Crippen molar-refractivity contribution < 1.29 is 14.2 Å². The van der Waals surface area contributed by atoms with Crippen molar-refractivity contribution in [1.29, 1.82) is 0 Å². The van der Waals surface area contributed by atoms with Gasteiger partial charge in [-0.3, -0.25) is 0 Å². The lowest BCUT2D eigenvalue weighted by Gasteiger charge is -2.12. The number of benzene rings is 1. The van der Waals surface area contributed by atoms with Crippen LogP contribution in [-0.2, 0) is 0 Å². The minimum absolute atomic E-state index is 0.320. The van der Waals surface area contributed by atoms with Crippen LogP contribution in [0.25, 0.3) is 0 Å². The van der Waals surface area contributed by atoms with Gasteiger partial charge in [0, 0.05) is 18.7 Å². The Hall–Kier alpha value is -3.30. The molecule has 10 nitrogen and oxygen atoms in total. The molecule has 0 fully saturated rings. The first-order chi connectivity index (χ1) is 13.1. The first-order valence-electron chi connectivity index (χ1n) is 8.48. The molecule has 0 aliphatic heterocycles. The molecule has 3 N–H and O–H groups in total. The number of nitrogens with zero attached hydrogens (tertiary/aromatic N) is 4. The number of nitrogens with one attached hydrogen (secondary N) is 3. The van der Waals surface area contributed by atoms with Crippen LogP contribution in [0.15, 0.2) is 17.2 Å². The van der Waals surface area contributed by atoms with Gasteiger partial charge >= 0.3 is 0 Å². The Bertz CT molecular complexity index is 734. The second kappa shape index (κ2) is 10.00. The molecule has 1 aromatic heterocycles. The summed E-state index contributed by atoms with van der Waals surface area (Å²) in [5.41, 5.74) is 3.56. The maximum Gasteiger partial charge on any atom is 0.250 e. The maximum atomic E-state index is 5.33. The van der Waals surface area contributed by atoms with Gasteiger partial charge in [0.15, 0.2) is 11.5 Å². The highest BCUT2D eigenvalue weighted by Crippen LogP contribution is 2.37. The van der Waals surface area contributed by atoms with Crippen LogP contribution in [0.1, 0.15) is 19.4 Å². The smallest absolute Gasteiger partial charge is 0.250 e. The van der Waals surface area contributed by atoms with E-state index in [1.54, 1.807) is 39.7 Å². The molecule has 0 radical (unpaired) electrons. The number of anilines is 3. The molecule has 0 aliphatic carbocycles. The summed E-state index contributed by atoms with van der Waals surface area (Å²) in [6, 6.07) is 3.57. The van der Waals surface area contributed by atoms with Gasteiger partial charge in [-0.15, -0.1) is 0 Å². The summed E-state index contributed by atoms with van der Waals surface area (Å²) in [7, 11) is 4.68. The van der Waals surface area contributed by atoms with Gasteiger partial charge in [0.2, 0.25) is 23.6 Å². The van der Waals surface area contributed by atoms with Crippen LogP contribution >= 0.6 is 0 Å². The highest BCUT2D eigenvalue weighted by Gasteiger charge is 2.12. The number of hydrogen-bond acceptors (Lipinski definition) is 10. The molecule has 2 rings (SSSR count). The Labute approximate surface area is 158 Å². The monoisotopic (exact) mass is 375 g/mol. The Kier molecular flexibility index (Phi) is 7.41. The van der Waals surface area contributed by atoms with Crippen LogP contribution in [0.5, 0.6) is 17.2 Å². The second-order valence-electron chi connectivity index (χ2n) is 5.20. The van der Waals surface area contributed by atoms with E-state index in [4.69, 9.17) is 14.2 Å². The molecule has 1 aromatic carbocycles. The summed E-state index contributed by atoms with van der Waals surface area (Å²) >= 11 is 0. The Morgan fingerprint density at radius 1 is 0.852 bits per heavy atom. The lowest BCUT2D eigenvalue weighted by molar-refractivity contribution is 0.324. The van der Waals surface area contributed by atoms with E-state index in [0.29, 0.717) is 48.2 Å². The van der Waals surface area contributed by atoms with Gasteiger partial charge in [0.05, 0.1) is 27.5 Å². The lowest BCUT2D eigenvalue weighted by Crippen LogP contribution is -2.10. The highest BCUT2D eigenvalue weighted by atomic mass is 16.5. The molecule has 27 heavy (non-hydrogen) atoms. The third kappa shape index (κ3) is 5.33. The van der Waals surface area contributed by atoms with E-state index in [0.717, 1.165) is 5.56 Å². The van der Waals surface area contributed by atoms with E-state index < -0.39 is 0 Å². The summed E-state index contributed by atoms with van der Waals surface area (Å²) in [6.45, 7) is 5.33. The lowest BCUT2D eigenvalue weighted by atomic mass is 10.2. The Balaban J connectivity index is 2.21. The summed E-state index contributed by atoms with van der Waals surface area (Å²) < 4.78 is 16.0. The predicted molar refractivity (Wildman–Crippen MR) is 105 cm³/mol. The topological polar surface area (TPSA) is 115 Å². The molecule has 0 saturated heterocycles. The quantitative estimate of drug-likeness (QED) is 0.424. The SMILES string of the molecule is CCNc1nc(NCC)nc(N/N=C/c2cc(OC)c(OC)c(OC)c2)n1. The van der Waals surface area contributed by atoms with Crippen molar-refractivity contribution in [2.24, 2.45) is 5.10 Å². The zero-order chi connectivity index (χ0) is 19.6. The van der Waals surface area contributed by atoms with Crippen molar-refractivity contribution in [1.82, 2.24) is 15.0 Å². The summed E-state index contributed by atoms with van der Waals surface area (Å²) in [5, 5.41) is 10.3. The number of methoxy groups -OCH3 is 3. The highest BCUT2D eigenvalue weighted by molar-refractivity contribution is 5.82. The normalized spacial score (nSPS) is 10.6. The summed E-state index contributed by atoms with van der Waals surface area (Å²) in [4.78, 5) is 12.8. The van der Waals surface area contributed by atoms with Crippen LogP contribution in [-0.4, -0.2) is 55.6 Å². The zero-order valence-corrected chi connectivity index (χ0v) is 16.2. The van der Waals surface area contributed by atoms with Crippen molar-refractivity contribution >= 4 is 24.1 Å². The van der Waals surface area contributed by atoms with Crippen molar-refractivity contribution in [3.05, 3.63) is 17.7 Å². The summed E-state index contributed by atoms with van der Waals surface area (Å²) in [5.74, 6) is 2.86. The van der Waals surface area contributed by atoms with Gasteiger partial charge in [-0.25, -0.2) is 5.43 Å². The number of aromatic nitrogens is 3. The summed E-state index contributed by atoms with van der Waals surface area (Å²) in [6.07, 6.45) is 1.61. The zero-order valence-electron chi connectivity index (χ0n) is 16.2. The number of ether oxygens (including phenoxy) is 3. The van der Waals surface area contributed by atoms with Crippen LogP contribution < -0.4 is 30.3 Å².